The zero-order chi connectivity index (χ0) is 12.5. The smallest absolute Gasteiger partial charge is 0.0992 e. The third-order valence-electron chi connectivity index (χ3n) is 3.97. The molecule has 2 unspecified atom stereocenters. The lowest BCUT2D eigenvalue weighted by Crippen LogP contribution is -2.36. The minimum Gasteiger partial charge on any atom is -0.384 e. The second kappa shape index (κ2) is 4.43. The lowest BCUT2D eigenvalue weighted by atomic mass is 9.96. The van der Waals surface area contributed by atoms with E-state index in [4.69, 9.17) is 0 Å². The van der Waals surface area contributed by atoms with Crippen LogP contribution in [-0.4, -0.2) is 18.2 Å². The van der Waals surface area contributed by atoms with Crippen molar-refractivity contribution in [1.29, 1.82) is 0 Å². The quantitative estimate of drug-likeness (QED) is 0.819. The normalized spacial score (nSPS) is 25.3. The molecule has 1 aliphatic rings. The van der Waals surface area contributed by atoms with Crippen molar-refractivity contribution in [2.75, 3.05) is 13.1 Å². The zero-order valence-electron chi connectivity index (χ0n) is 11.0. The van der Waals surface area contributed by atoms with E-state index in [-0.39, 0.29) is 0 Å². The number of nitrogens with one attached hydrogen (secondary N) is 1. The van der Waals surface area contributed by atoms with Crippen LogP contribution in [0.4, 0.5) is 0 Å². The van der Waals surface area contributed by atoms with Crippen LogP contribution in [0.2, 0.25) is 0 Å². The summed E-state index contributed by atoms with van der Waals surface area (Å²) < 4.78 is 0. The van der Waals surface area contributed by atoms with E-state index in [1.54, 1.807) is 0 Å². The fourth-order valence-electron chi connectivity index (χ4n) is 2.31. The topological polar surface area (TPSA) is 32.3 Å². The van der Waals surface area contributed by atoms with Gasteiger partial charge in [-0.1, -0.05) is 44.2 Å². The molecule has 0 radical (unpaired) electrons. The van der Waals surface area contributed by atoms with Crippen molar-refractivity contribution in [3.8, 4) is 0 Å². The van der Waals surface area contributed by atoms with E-state index in [1.807, 2.05) is 37.3 Å². The number of rotatable bonds is 5. The van der Waals surface area contributed by atoms with Gasteiger partial charge in [0.05, 0.1) is 5.60 Å². The summed E-state index contributed by atoms with van der Waals surface area (Å²) >= 11 is 0. The Balaban J connectivity index is 1.82. The summed E-state index contributed by atoms with van der Waals surface area (Å²) in [5, 5.41) is 13.8. The average Bonchev–Trinajstić information content (AvgIpc) is 2.87. The SMILES string of the molecule is CC(O)(CNCC1CC1(C)C)c1ccccc1. The first kappa shape index (κ1) is 12.6. The van der Waals surface area contributed by atoms with Gasteiger partial charge in [0, 0.05) is 6.54 Å². The van der Waals surface area contributed by atoms with E-state index < -0.39 is 5.60 Å². The van der Waals surface area contributed by atoms with Gasteiger partial charge < -0.3 is 10.4 Å². The minimum absolute atomic E-state index is 0.506. The summed E-state index contributed by atoms with van der Waals surface area (Å²) in [6, 6.07) is 9.85. The van der Waals surface area contributed by atoms with Gasteiger partial charge in [-0.15, -0.1) is 0 Å². The monoisotopic (exact) mass is 233 g/mol. The third kappa shape index (κ3) is 3.08. The highest BCUT2D eigenvalue weighted by atomic mass is 16.3. The Morgan fingerprint density at radius 1 is 1.35 bits per heavy atom. The van der Waals surface area contributed by atoms with E-state index in [0.29, 0.717) is 12.0 Å². The molecule has 1 aromatic rings. The molecule has 0 aromatic heterocycles. The van der Waals surface area contributed by atoms with E-state index in [9.17, 15) is 5.11 Å². The molecule has 0 spiro atoms. The van der Waals surface area contributed by atoms with Crippen LogP contribution >= 0.6 is 0 Å². The summed E-state index contributed by atoms with van der Waals surface area (Å²) in [6.45, 7) is 8.09. The molecule has 0 bridgehead atoms. The van der Waals surface area contributed by atoms with Crippen molar-refractivity contribution in [2.24, 2.45) is 11.3 Å². The molecule has 2 rings (SSSR count). The fourth-order valence-corrected chi connectivity index (χ4v) is 2.31. The van der Waals surface area contributed by atoms with Crippen LogP contribution in [0.3, 0.4) is 0 Å². The first-order valence-corrected chi connectivity index (χ1v) is 6.40. The predicted octanol–water partition coefficient (Wildman–Crippen LogP) is 2.53. The van der Waals surface area contributed by atoms with Gasteiger partial charge in [-0.3, -0.25) is 0 Å². The molecule has 1 aromatic carbocycles. The maximum absolute atomic E-state index is 10.4. The summed E-state index contributed by atoms with van der Waals surface area (Å²) in [7, 11) is 0. The number of hydrogen-bond acceptors (Lipinski definition) is 2. The Labute approximate surface area is 104 Å². The molecule has 1 fully saturated rings. The molecule has 0 saturated heterocycles. The van der Waals surface area contributed by atoms with Gasteiger partial charge in [-0.25, -0.2) is 0 Å². The summed E-state index contributed by atoms with van der Waals surface area (Å²) in [6.07, 6.45) is 1.30. The molecule has 94 valence electrons. The molecule has 1 saturated carbocycles. The van der Waals surface area contributed by atoms with Crippen molar-refractivity contribution in [3.05, 3.63) is 35.9 Å². The Morgan fingerprint density at radius 3 is 2.47 bits per heavy atom. The highest BCUT2D eigenvalue weighted by molar-refractivity contribution is 5.21. The maximum atomic E-state index is 10.4. The molecule has 2 atom stereocenters. The van der Waals surface area contributed by atoms with Crippen LogP contribution in [0, 0.1) is 11.3 Å². The Morgan fingerprint density at radius 2 is 1.94 bits per heavy atom. The van der Waals surface area contributed by atoms with Crippen molar-refractivity contribution < 1.29 is 5.11 Å². The molecule has 2 heteroatoms. The van der Waals surface area contributed by atoms with Gasteiger partial charge in [-0.2, -0.15) is 0 Å². The van der Waals surface area contributed by atoms with Crippen LogP contribution in [0.25, 0.3) is 0 Å². The van der Waals surface area contributed by atoms with Crippen LogP contribution in [0.5, 0.6) is 0 Å². The summed E-state index contributed by atoms with van der Waals surface area (Å²) in [4.78, 5) is 0. The predicted molar refractivity (Wildman–Crippen MR) is 70.8 cm³/mol. The van der Waals surface area contributed by atoms with Crippen LogP contribution in [0.15, 0.2) is 30.3 Å². The first-order chi connectivity index (χ1) is 7.92. The zero-order valence-corrected chi connectivity index (χ0v) is 11.0. The van der Waals surface area contributed by atoms with Crippen LogP contribution in [-0.2, 0) is 5.60 Å². The largest absolute Gasteiger partial charge is 0.384 e. The molecule has 0 aliphatic heterocycles. The molecule has 2 N–H and O–H groups in total. The second-order valence-electron chi connectivity index (χ2n) is 6.16. The minimum atomic E-state index is -0.777. The lowest BCUT2D eigenvalue weighted by Gasteiger charge is -2.24. The lowest BCUT2D eigenvalue weighted by molar-refractivity contribution is 0.0566. The van der Waals surface area contributed by atoms with Crippen molar-refractivity contribution in [1.82, 2.24) is 5.32 Å². The highest BCUT2D eigenvalue weighted by Crippen LogP contribution is 2.51. The standard InChI is InChI=1S/C15H23NO/c1-14(2)9-13(14)10-16-11-15(3,17)12-7-5-4-6-8-12/h4-8,13,16-17H,9-11H2,1-3H3. The van der Waals surface area contributed by atoms with Gasteiger partial charge >= 0.3 is 0 Å². The molecule has 17 heavy (non-hydrogen) atoms. The Kier molecular flexibility index (Phi) is 3.28. The molecular weight excluding hydrogens is 210 g/mol. The van der Waals surface area contributed by atoms with E-state index in [2.05, 4.69) is 19.2 Å². The van der Waals surface area contributed by atoms with E-state index >= 15 is 0 Å². The Bertz CT molecular complexity index is 370. The number of hydrogen-bond donors (Lipinski definition) is 2. The van der Waals surface area contributed by atoms with Crippen molar-refractivity contribution >= 4 is 0 Å². The molecule has 2 nitrogen and oxygen atoms in total. The van der Waals surface area contributed by atoms with Crippen LogP contribution < -0.4 is 5.32 Å². The van der Waals surface area contributed by atoms with Gasteiger partial charge in [0.2, 0.25) is 0 Å². The van der Waals surface area contributed by atoms with Gasteiger partial charge in [0.1, 0.15) is 0 Å². The fraction of sp³-hybridized carbons (Fsp3) is 0.600. The Hall–Kier alpha value is -0.860. The molecular formula is C15H23NO. The van der Waals surface area contributed by atoms with Gasteiger partial charge in [0.25, 0.3) is 0 Å². The summed E-state index contributed by atoms with van der Waals surface area (Å²) in [5.41, 5.74) is 0.703. The molecule has 0 amide bonds. The van der Waals surface area contributed by atoms with Crippen molar-refractivity contribution in [2.45, 2.75) is 32.8 Å². The first-order valence-electron chi connectivity index (χ1n) is 6.40. The summed E-state index contributed by atoms with van der Waals surface area (Å²) in [5.74, 6) is 0.772. The molecule has 1 aliphatic carbocycles. The maximum Gasteiger partial charge on any atom is 0.0992 e. The second-order valence-corrected chi connectivity index (χ2v) is 6.16. The molecule has 0 heterocycles. The highest BCUT2D eigenvalue weighted by Gasteiger charge is 2.44. The van der Waals surface area contributed by atoms with Crippen molar-refractivity contribution in [3.63, 3.8) is 0 Å². The third-order valence-corrected chi connectivity index (χ3v) is 3.97. The number of benzene rings is 1. The van der Waals surface area contributed by atoms with Gasteiger partial charge in [0.15, 0.2) is 0 Å². The van der Waals surface area contributed by atoms with Gasteiger partial charge in [-0.05, 0) is 36.8 Å². The average molecular weight is 233 g/mol. The number of aliphatic hydroxyl groups is 1. The van der Waals surface area contributed by atoms with E-state index in [0.717, 1.165) is 18.0 Å². The van der Waals surface area contributed by atoms with Crippen LogP contribution in [0.1, 0.15) is 32.8 Å². The van der Waals surface area contributed by atoms with E-state index in [1.165, 1.54) is 6.42 Å².